The maximum absolute atomic E-state index is 12.0. The van der Waals surface area contributed by atoms with Crippen LogP contribution in [0.1, 0.15) is 0 Å². The molecule has 13 nitrogen and oxygen atoms in total. The molecule has 11 aromatic rings. The minimum Gasteiger partial charge on any atom is -0.344 e. The van der Waals surface area contributed by atoms with Gasteiger partial charge in [-0.25, -0.2) is 0 Å². The Labute approximate surface area is 323 Å². The molecule has 11 rings (SSSR count). The van der Waals surface area contributed by atoms with Gasteiger partial charge in [-0.1, -0.05) is 36.4 Å². The van der Waals surface area contributed by atoms with Crippen LogP contribution in [0.3, 0.4) is 0 Å². The molecule has 0 fully saturated rings. The van der Waals surface area contributed by atoms with Crippen molar-refractivity contribution in [2.75, 3.05) is 0 Å². The van der Waals surface area contributed by atoms with E-state index in [0.29, 0.717) is 32.3 Å². The lowest BCUT2D eigenvalue weighted by Crippen LogP contribution is -1.97. The summed E-state index contributed by atoms with van der Waals surface area (Å²) >= 11 is 0. The van der Waals surface area contributed by atoms with Crippen molar-refractivity contribution in [1.29, 1.82) is 0 Å². The number of aryl methyl sites for hydroxylation is 1. The van der Waals surface area contributed by atoms with Crippen molar-refractivity contribution in [2.24, 2.45) is 7.05 Å². The highest BCUT2D eigenvalue weighted by atomic mass is 16.6. The van der Waals surface area contributed by atoms with E-state index in [9.17, 15) is 40.5 Å². The molecule has 10 aromatic carbocycles. The van der Waals surface area contributed by atoms with Crippen molar-refractivity contribution in [3.05, 3.63) is 162 Å². The van der Waals surface area contributed by atoms with Crippen LogP contribution < -0.4 is 0 Å². The molecule has 0 aliphatic heterocycles. The van der Waals surface area contributed by atoms with Gasteiger partial charge in [-0.15, -0.1) is 0 Å². The Morgan fingerprint density at radius 2 is 0.655 bits per heavy atom. The molecular weight excluding hydrogens is 739 g/mol. The van der Waals surface area contributed by atoms with E-state index in [-0.39, 0.29) is 22.7 Å². The predicted molar refractivity (Wildman–Crippen MR) is 225 cm³/mol. The van der Waals surface area contributed by atoms with Gasteiger partial charge in [0, 0.05) is 39.6 Å². The summed E-state index contributed by atoms with van der Waals surface area (Å²) in [7, 11) is 2.02. The van der Waals surface area contributed by atoms with Crippen molar-refractivity contribution in [2.45, 2.75) is 0 Å². The van der Waals surface area contributed by atoms with Gasteiger partial charge in [-0.3, -0.25) is 40.5 Å². The topological polar surface area (TPSA) is 177 Å². The molecule has 0 atom stereocenters. The van der Waals surface area contributed by atoms with Crippen LogP contribution in [0.2, 0.25) is 0 Å². The van der Waals surface area contributed by atoms with Crippen LogP contribution in [0, 0.1) is 40.5 Å². The van der Waals surface area contributed by atoms with E-state index in [2.05, 4.69) is 41.0 Å². The van der Waals surface area contributed by atoms with E-state index in [1.165, 1.54) is 0 Å². The molecule has 0 aliphatic carbocycles. The summed E-state index contributed by atoms with van der Waals surface area (Å²) in [5, 5.41) is 57.1. The van der Waals surface area contributed by atoms with Crippen molar-refractivity contribution >= 4 is 109 Å². The fraction of sp³-hybridized carbons (Fsp3) is 0.0222. The third kappa shape index (κ3) is 4.40. The molecule has 1 heterocycles. The van der Waals surface area contributed by atoms with E-state index in [1.807, 2.05) is 55.6 Å². The minimum absolute atomic E-state index is 0.307. The fourth-order valence-electron chi connectivity index (χ4n) is 9.27. The van der Waals surface area contributed by atoms with E-state index < -0.39 is 19.7 Å². The number of hydrogen-bond acceptors (Lipinski definition) is 8. The summed E-state index contributed by atoms with van der Waals surface area (Å²) in [6.45, 7) is 0. The quantitative estimate of drug-likeness (QED) is 0.0912. The van der Waals surface area contributed by atoms with Crippen molar-refractivity contribution < 1.29 is 19.7 Å². The Kier molecular flexibility index (Phi) is 6.48. The lowest BCUT2D eigenvalue weighted by atomic mass is 9.89. The molecule has 1 aromatic heterocycles. The van der Waals surface area contributed by atoms with Gasteiger partial charge >= 0.3 is 0 Å². The third-order valence-electron chi connectivity index (χ3n) is 11.8. The first-order chi connectivity index (χ1) is 28.0. The summed E-state index contributed by atoms with van der Waals surface area (Å²) in [6.07, 6.45) is 0. The number of non-ortho nitro benzene ring substituents is 4. The number of nitro groups is 4. The number of aromatic nitrogens is 1. The van der Waals surface area contributed by atoms with Crippen LogP contribution >= 0.6 is 0 Å². The minimum atomic E-state index is -0.579. The molecule has 0 radical (unpaired) electrons. The van der Waals surface area contributed by atoms with Crippen LogP contribution in [0.15, 0.2) is 121 Å². The van der Waals surface area contributed by atoms with E-state index >= 15 is 0 Å². The highest BCUT2D eigenvalue weighted by Gasteiger charge is 2.27. The maximum Gasteiger partial charge on any atom is 0.284 e. The summed E-state index contributed by atoms with van der Waals surface area (Å²) in [6, 6.07) is 36.6. The van der Waals surface area contributed by atoms with Crippen LogP contribution in [-0.4, -0.2) is 24.3 Å². The smallest absolute Gasteiger partial charge is 0.284 e. The second-order valence-corrected chi connectivity index (χ2v) is 14.7. The highest BCUT2D eigenvalue weighted by molar-refractivity contribution is 6.28. The van der Waals surface area contributed by atoms with Crippen LogP contribution in [0.5, 0.6) is 0 Å². The lowest BCUT2D eigenvalue weighted by molar-refractivity contribution is -0.392. The Hall–Kier alpha value is -8.32. The maximum atomic E-state index is 12.0. The molecule has 0 saturated carbocycles. The van der Waals surface area contributed by atoms with Gasteiger partial charge < -0.3 is 4.57 Å². The summed E-state index contributed by atoms with van der Waals surface area (Å²) in [5.41, 5.74) is 4.53. The first kappa shape index (κ1) is 33.1. The van der Waals surface area contributed by atoms with Crippen LogP contribution in [-0.2, 0) is 7.05 Å². The predicted octanol–water partition coefficient (Wildman–Crippen LogP) is 12.1. The number of benzene rings is 10. The number of nitro benzene ring substituents is 4. The molecule has 0 aliphatic rings. The summed E-state index contributed by atoms with van der Waals surface area (Å²) < 4.78 is 2.14. The first-order valence-corrected chi connectivity index (χ1v) is 18.1. The normalized spacial score (nSPS) is 12.1. The molecule has 0 bridgehead atoms. The average molecular weight is 762 g/mol. The van der Waals surface area contributed by atoms with Crippen molar-refractivity contribution in [3.8, 4) is 22.3 Å². The van der Waals surface area contributed by atoms with Gasteiger partial charge in [0.25, 0.3) is 22.7 Å². The Bertz CT molecular complexity index is 3320. The van der Waals surface area contributed by atoms with Gasteiger partial charge in [0.2, 0.25) is 0 Å². The average Bonchev–Trinajstić information content (AvgIpc) is 3.50. The highest BCUT2D eigenvalue weighted by Crippen LogP contribution is 2.46. The zero-order valence-electron chi connectivity index (χ0n) is 30.0. The molecule has 0 saturated heterocycles. The van der Waals surface area contributed by atoms with Crippen molar-refractivity contribution in [3.63, 3.8) is 0 Å². The Balaban J connectivity index is 1.08. The number of rotatable bonds is 6. The zero-order chi connectivity index (χ0) is 39.9. The molecule has 276 valence electrons. The van der Waals surface area contributed by atoms with E-state index in [4.69, 9.17) is 0 Å². The molecular formula is C45H23N5O8. The van der Waals surface area contributed by atoms with Gasteiger partial charge in [-0.05, 0) is 127 Å². The molecule has 0 N–H and O–H groups in total. The van der Waals surface area contributed by atoms with Crippen molar-refractivity contribution in [1.82, 2.24) is 4.57 Å². The SMILES string of the molecule is Cn1c2ccc(-c3cc4ccc5c([N+](=O)[O-])cc([N+](=O)[O-])c6ccc(c3)c4c56)cc2c2cc(-c3cc4ccc5c([N+](=O)[O-])cc([N+](=O)[O-])c6ccc(c3)c4c56)ccc21. The standard InChI is InChI=1S/C45H23N5O8/c1-46-36-12-6-22(28-14-24-2-8-30-38(47(51)52)20-39(48(53)54)31-9-3-25(15-28)42(24)44(30)31)18-34(36)35-19-23(7-13-37(35)46)29-16-26-4-10-32-40(49(55)56)21-41(50(57)58)33-11-5-27(17-29)43(26)45(32)33/h2-21H,1H3. The van der Waals surface area contributed by atoms with Gasteiger partial charge in [0.15, 0.2) is 0 Å². The second kappa shape index (κ2) is 11.4. The lowest BCUT2D eigenvalue weighted by Gasteiger charge is -2.13. The molecule has 0 spiro atoms. The Morgan fingerprint density at radius 3 is 0.948 bits per heavy atom. The van der Waals surface area contributed by atoms with Crippen LogP contribution in [0.4, 0.5) is 22.7 Å². The molecule has 0 unspecified atom stereocenters. The number of nitrogens with zero attached hydrogens (tertiary/aromatic N) is 5. The summed E-state index contributed by atoms with van der Waals surface area (Å²) in [5.74, 6) is 0. The van der Waals surface area contributed by atoms with E-state index in [0.717, 1.165) is 88.5 Å². The monoisotopic (exact) mass is 761 g/mol. The largest absolute Gasteiger partial charge is 0.344 e. The third-order valence-corrected chi connectivity index (χ3v) is 11.8. The molecule has 0 amide bonds. The molecule has 58 heavy (non-hydrogen) atoms. The zero-order valence-corrected chi connectivity index (χ0v) is 30.0. The summed E-state index contributed by atoms with van der Waals surface area (Å²) in [4.78, 5) is 45.6. The Morgan fingerprint density at radius 1 is 0.345 bits per heavy atom. The molecule has 13 heteroatoms. The van der Waals surface area contributed by atoms with Gasteiger partial charge in [0.1, 0.15) is 0 Å². The van der Waals surface area contributed by atoms with Crippen LogP contribution in [0.25, 0.3) is 109 Å². The van der Waals surface area contributed by atoms with Gasteiger partial charge in [-0.2, -0.15) is 0 Å². The van der Waals surface area contributed by atoms with E-state index in [1.54, 1.807) is 24.3 Å². The fourth-order valence-corrected chi connectivity index (χ4v) is 9.27. The number of hydrogen-bond donors (Lipinski definition) is 0. The number of fused-ring (bicyclic) bond motifs is 3. The second-order valence-electron chi connectivity index (χ2n) is 14.7. The van der Waals surface area contributed by atoms with Gasteiger partial charge in [0.05, 0.1) is 53.4 Å². The first-order valence-electron chi connectivity index (χ1n) is 18.1.